The van der Waals surface area contributed by atoms with Gasteiger partial charge in [0.15, 0.2) is 0 Å². The van der Waals surface area contributed by atoms with Crippen molar-refractivity contribution in [1.29, 1.82) is 0 Å². The molecule has 1 aromatic carbocycles. The van der Waals surface area contributed by atoms with Crippen LogP contribution in [0.1, 0.15) is 31.7 Å². The van der Waals surface area contributed by atoms with Gasteiger partial charge in [-0.2, -0.15) is 0 Å². The van der Waals surface area contributed by atoms with Crippen molar-refractivity contribution in [2.45, 2.75) is 32.2 Å². The number of hydrogen-bond acceptors (Lipinski definition) is 1. The maximum Gasteiger partial charge on any atom is 0.0456 e. The highest BCUT2D eigenvalue weighted by Crippen LogP contribution is 2.27. The molecule has 0 aliphatic carbocycles. The zero-order valence-corrected chi connectivity index (χ0v) is 9.33. The van der Waals surface area contributed by atoms with Gasteiger partial charge in [0.05, 0.1) is 0 Å². The molecule has 1 heterocycles. The summed E-state index contributed by atoms with van der Waals surface area (Å²) in [6.45, 7) is 4.33. The largest absolute Gasteiger partial charge is 0.361 e. The molecule has 2 heteroatoms. The molecule has 3 N–H and O–H groups in total. The maximum absolute atomic E-state index is 6.08. The number of benzene rings is 1. The summed E-state index contributed by atoms with van der Waals surface area (Å²) in [6, 6.07) is 8.61. The fourth-order valence-corrected chi connectivity index (χ4v) is 2.05. The molecule has 2 aromatic rings. The number of hydrogen-bond donors (Lipinski definition) is 2. The van der Waals surface area contributed by atoms with Crippen LogP contribution in [0.3, 0.4) is 0 Å². The molecule has 0 saturated heterocycles. The Balaban J connectivity index is 2.43. The quantitative estimate of drug-likeness (QED) is 0.789. The molecule has 0 fully saturated rings. The minimum absolute atomic E-state index is 0.240. The van der Waals surface area contributed by atoms with E-state index in [4.69, 9.17) is 5.73 Å². The van der Waals surface area contributed by atoms with Crippen molar-refractivity contribution in [1.82, 2.24) is 4.98 Å². The van der Waals surface area contributed by atoms with Crippen LogP contribution in [0, 0.1) is 0 Å². The minimum Gasteiger partial charge on any atom is -0.361 e. The van der Waals surface area contributed by atoms with Crippen molar-refractivity contribution in [2.24, 2.45) is 5.73 Å². The Kier molecular flexibility index (Phi) is 2.78. The van der Waals surface area contributed by atoms with E-state index in [9.17, 15) is 0 Å². The molecule has 0 amide bonds. The van der Waals surface area contributed by atoms with E-state index in [0.29, 0.717) is 5.92 Å². The van der Waals surface area contributed by atoms with Crippen molar-refractivity contribution in [2.75, 3.05) is 0 Å². The molecule has 0 aliphatic rings. The van der Waals surface area contributed by atoms with Gasteiger partial charge in [-0.15, -0.1) is 0 Å². The Labute approximate surface area is 90.5 Å². The molecule has 0 unspecified atom stereocenters. The normalized spacial score (nSPS) is 15.4. The standard InChI is InChI=1S/C13H18N2/c1-3-12(14)9(2)11-8-15-13-7-5-4-6-10(11)13/h4-9,12,15H,3,14H2,1-2H3/t9-,12+/m0/s1. The van der Waals surface area contributed by atoms with Gasteiger partial charge >= 0.3 is 0 Å². The summed E-state index contributed by atoms with van der Waals surface area (Å²) in [5.74, 6) is 0.408. The second-order valence-corrected chi connectivity index (χ2v) is 4.15. The van der Waals surface area contributed by atoms with Gasteiger partial charge in [0.25, 0.3) is 0 Å². The first-order chi connectivity index (χ1) is 7.24. The van der Waals surface area contributed by atoms with Crippen LogP contribution in [0.15, 0.2) is 30.5 Å². The highest BCUT2D eigenvalue weighted by Gasteiger charge is 2.16. The highest BCUT2D eigenvalue weighted by molar-refractivity contribution is 5.83. The fourth-order valence-electron chi connectivity index (χ4n) is 2.05. The van der Waals surface area contributed by atoms with Gasteiger partial charge in [-0.3, -0.25) is 0 Å². The average Bonchev–Trinajstić information content (AvgIpc) is 2.70. The van der Waals surface area contributed by atoms with Gasteiger partial charge in [-0.05, 0) is 24.0 Å². The Morgan fingerprint density at radius 2 is 2.07 bits per heavy atom. The van der Waals surface area contributed by atoms with Crippen LogP contribution >= 0.6 is 0 Å². The van der Waals surface area contributed by atoms with Crippen molar-refractivity contribution in [3.8, 4) is 0 Å². The predicted octanol–water partition coefficient (Wildman–Crippen LogP) is 3.01. The van der Waals surface area contributed by atoms with E-state index in [1.165, 1.54) is 16.5 Å². The Morgan fingerprint density at radius 1 is 1.33 bits per heavy atom. The zero-order chi connectivity index (χ0) is 10.8. The van der Waals surface area contributed by atoms with Gasteiger partial charge < -0.3 is 10.7 Å². The first-order valence-electron chi connectivity index (χ1n) is 5.55. The monoisotopic (exact) mass is 202 g/mol. The van der Waals surface area contributed by atoms with Crippen LogP contribution in [-0.2, 0) is 0 Å². The molecule has 80 valence electrons. The van der Waals surface area contributed by atoms with E-state index in [1.807, 2.05) is 6.07 Å². The number of aromatic amines is 1. The van der Waals surface area contributed by atoms with Crippen LogP contribution < -0.4 is 5.73 Å². The van der Waals surface area contributed by atoms with E-state index >= 15 is 0 Å². The summed E-state index contributed by atoms with van der Waals surface area (Å²) in [5, 5.41) is 1.30. The summed E-state index contributed by atoms with van der Waals surface area (Å²) in [5.41, 5.74) is 8.62. The molecular weight excluding hydrogens is 184 g/mol. The number of rotatable bonds is 3. The van der Waals surface area contributed by atoms with E-state index in [1.54, 1.807) is 0 Å². The van der Waals surface area contributed by atoms with Crippen molar-refractivity contribution in [3.05, 3.63) is 36.0 Å². The summed E-state index contributed by atoms with van der Waals surface area (Å²) < 4.78 is 0. The van der Waals surface area contributed by atoms with E-state index in [2.05, 4.69) is 43.2 Å². The number of nitrogens with two attached hydrogens (primary N) is 1. The number of aromatic nitrogens is 1. The molecule has 0 radical (unpaired) electrons. The molecular formula is C13H18N2. The van der Waals surface area contributed by atoms with Gasteiger partial charge in [0.1, 0.15) is 0 Å². The van der Waals surface area contributed by atoms with Crippen LogP contribution in [0.25, 0.3) is 10.9 Å². The average molecular weight is 202 g/mol. The first kappa shape index (κ1) is 10.2. The number of fused-ring (bicyclic) bond motifs is 1. The minimum atomic E-state index is 0.240. The molecule has 2 nitrogen and oxygen atoms in total. The third-order valence-electron chi connectivity index (χ3n) is 3.23. The Morgan fingerprint density at radius 3 is 2.80 bits per heavy atom. The van der Waals surface area contributed by atoms with Crippen LogP contribution in [0.5, 0.6) is 0 Å². The molecule has 2 rings (SSSR count). The summed E-state index contributed by atoms with van der Waals surface area (Å²) in [6.07, 6.45) is 3.10. The number of H-pyrrole nitrogens is 1. The fraction of sp³-hybridized carbons (Fsp3) is 0.385. The van der Waals surface area contributed by atoms with Crippen LogP contribution in [0.2, 0.25) is 0 Å². The van der Waals surface area contributed by atoms with E-state index in [-0.39, 0.29) is 6.04 Å². The molecule has 15 heavy (non-hydrogen) atoms. The zero-order valence-electron chi connectivity index (χ0n) is 9.33. The third kappa shape index (κ3) is 1.77. The molecule has 1 aromatic heterocycles. The smallest absolute Gasteiger partial charge is 0.0456 e. The van der Waals surface area contributed by atoms with Gasteiger partial charge in [-0.1, -0.05) is 32.0 Å². The first-order valence-corrected chi connectivity index (χ1v) is 5.55. The number of nitrogens with one attached hydrogen (secondary N) is 1. The lowest BCUT2D eigenvalue weighted by Gasteiger charge is -2.17. The molecule has 0 saturated carbocycles. The number of para-hydroxylation sites is 1. The second kappa shape index (κ2) is 4.07. The van der Waals surface area contributed by atoms with Gasteiger partial charge in [-0.25, -0.2) is 0 Å². The van der Waals surface area contributed by atoms with Crippen LogP contribution in [-0.4, -0.2) is 11.0 Å². The molecule has 2 atom stereocenters. The Bertz CT molecular complexity index is 444. The highest BCUT2D eigenvalue weighted by atomic mass is 14.7. The lowest BCUT2D eigenvalue weighted by Crippen LogP contribution is -2.25. The van der Waals surface area contributed by atoms with Gasteiger partial charge in [0, 0.05) is 23.1 Å². The molecule has 0 bridgehead atoms. The lowest BCUT2D eigenvalue weighted by molar-refractivity contribution is 0.554. The topological polar surface area (TPSA) is 41.8 Å². The Hall–Kier alpha value is -1.28. The third-order valence-corrected chi connectivity index (χ3v) is 3.23. The molecule has 0 spiro atoms. The summed E-state index contributed by atoms with van der Waals surface area (Å²) in [7, 11) is 0. The van der Waals surface area contributed by atoms with Crippen molar-refractivity contribution < 1.29 is 0 Å². The van der Waals surface area contributed by atoms with Crippen LogP contribution in [0.4, 0.5) is 0 Å². The lowest BCUT2D eigenvalue weighted by atomic mass is 9.92. The van der Waals surface area contributed by atoms with E-state index < -0.39 is 0 Å². The van der Waals surface area contributed by atoms with E-state index in [0.717, 1.165) is 6.42 Å². The SMILES string of the molecule is CC[C@@H](N)[C@@H](C)c1c[nH]c2ccccc12. The summed E-state index contributed by atoms with van der Waals surface area (Å²) in [4.78, 5) is 3.29. The molecule has 0 aliphatic heterocycles. The maximum atomic E-state index is 6.08. The predicted molar refractivity (Wildman–Crippen MR) is 65.0 cm³/mol. The summed E-state index contributed by atoms with van der Waals surface area (Å²) >= 11 is 0. The van der Waals surface area contributed by atoms with Crippen molar-refractivity contribution >= 4 is 10.9 Å². The van der Waals surface area contributed by atoms with Gasteiger partial charge in [0.2, 0.25) is 0 Å². The van der Waals surface area contributed by atoms with Crippen molar-refractivity contribution in [3.63, 3.8) is 0 Å². The second-order valence-electron chi connectivity index (χ2n) is 4.15.